The van der Waals surface area contributed by atoms with Crippen molar-refractivity contribution in [2.24, 2.45) is 0 Å². The fraction of sp³-hybridized carbons (Fsp3) is 0.133. The summed E-state index contributed by atoms with van der Waals surface area (Å²) in [7, 11) is 0. The number of carbonyl (C=O) groups is 1. The highest BCUT2D eigenvalue weighted by Gasteiger charge is 2.36. The Morgan fingerprint density at radius 1 is 1.32 bits per heavy atom. The van der Waals surface area contributed by atoms with Gasteiger partial charge in [-0.25, -0.2) is 9.50 Å². The number of nitrogens with one attached hydrogen (secondary N) is 1. The van der Waals surface area contributed by atoms with Crippen molar-refractivity contribution >= 4 is 28.8 Å². The number of benzene rings is 1. The van der Waals surface area contributed by atoms with Crippen LogP contribution in [0.2, 0.25) is 5.02 Å². The minimum absolute atomic E-state index is 0.0702. The van der Waals surface area contributed by atoms with Crippen LogP contribution in [0.4, 0.5) is 18.9 Å². The Bertz CT molecular complexity index is 985. The molecule has 0 spiro atoms. The van der Waals surface area contributed by atoms with Gasteiger partial charge in [-0.1, -0.05) is 23.7 Å². The number of hydrogen-bond acceptors (Lipinski definition) is 4. The smallest absolute Gasteiger partial charge is 0.433 e. The highest BCUT2D eigenvalue weighted by atomic mass is 35.5. The molecule has 2 N–H and O–H groups in total. The van der Waals surface area contributed by atoms with Crippen molar-refractivity contribution in [3.05, 3.63) is 52.4 Å². The van der Waals surface area contributed by atoms with E-state index in [1.807, 2.05) is 0 Å². The van der Waals surface area contributed by atoms with Crippen molar-refractivity contribution < 1.29 is 23.1 Å². The molecule has 3 aromatic rings. The van der Waals surface area contributed by atoms with Crippen LogP contribution in [-0.2, 0) is 6.18 Å². The molecule has 0 fully saturated rings. The highest BCUT2D eigenvalue weighted by Crippen LogP contribution is 2.32. The number of carbonyl (C=O) groups excluding carboxylic acids is 1. The van der Waals surface area contributed by atoms with E-state index in [0.717, 1.165) is 6.07 Å². The zero-order valence-electron chi connectivity index (χ0n) is 12.6. The van der Waals surface area contributed by atoms with Gasteiger partial charge in [-0.15, -0.1) is 0 Å². The van der Waals surface area contributed by atoms with Gasteiger partial charge in [0, 0.05) is 5.69 Å². The first-order valence-corrected chi connectivity index (χ1v) is 7.28. The molecule has 10 heteroatoms. The molecule has 1 aromatic carbocycles. The molecule has 0 bridgehead atoms. The Kier molecular flexibility index (Phi) is 4.03. The van der Waals surface area contributed by atoms with E-state index in [1.165, 1.54) is 19.1 Å². The Morgan fingerprint density at radius 3 is 2.64 bits per heavy atom. The van der Waals surface area contributed by atoms with Crippen molar-refractivity contribution in [1.29, 1.82) is 0 Å². The second-order valence-electron chi connectivity index (χ2n) is 5.15. The summed E-state index contributed by atoms with van der Waals surface area (Å²) in [6, 6.07) is 6.67. The van der Waals surface area contributed by atoms with Gasteiger partial charge in [0.05, 0.1) is 5.69 Å². The van der Waals surface area contributed by atoms with E-state index in [9.17, 15) is 23.1 Å². The molecule has 3 rings (SSSR count). The molecular formula is C15H10ClF3N4O2. The third-order valence-corrected chi connectivity index (χ3v) is 3.67. The summed E-state index contributed by atoms with van der Waals surface area (Å²) in [6.45, 7) is 1.38. The van der Waals surface area contributed by atoms with Gasteiger partial charge in [-0.05, 0) is 25.1 Å². The summed E-state index contributed by atoms with van der Waals surface area (Å²) < 4.78 is 40.0. The Labute approximate surface area is 143 Å². The molecule has 0 aliphatic heterocycles. The first-order chi connectivity index (χ1) is 11.7. The van der Waals surface area contributed by atoms with E-state index in [2.05, 4.69) is 15.4 Å². The molecule has 0 radical (unpaired) electrons. The maximum atomic E-state index is 13.2. The van der Waals surface area contributed by atoms with Gasteiger partial charge in [-0.3, -0.25) is 4.79 Å². The lowest BCUT2D eigenvalue weighted by Crippen LogP contribution is -2.16. The molecule has 0 aliphatic rings. The lowest BCUT2D eigenvalue weighted by molar-refractivity contribution is -0.142. The molecule has 6 nitrogen and oxygen atoms in total. The van der Waals surface area contributed by atoms with Gasteiger partial charge < -0.3 is 10.4 Å². The minimum Gasteiger partial charge on any atom is -0.506 e. The van der Waals surface area contributed by atoms with Crippen molar-refractivity contribution in [2.45, 2.75) is 13.1 Å². The molecule has 0 unspecified atom stereocenters. The van der Waals surface area contributed by atoms with Crippen LogP contribution in [0.3, 0.4) is 0 Å². The first-order valence-electron chi connectivity index (χ1n) is 6.91. The maximum absolute atomic E-state index is 13.2. The Balaban J connectivity index is 2.10. The SMILES string of the molecule is Cc1cc(C(F)(F)F)n2nc(C(=O)Nc3ccccc3O)c(Cl)c2n1. The summed E-state index contributed by atoms with van der Waals surface area (Å²) in [5.74, 6) is -1.08. The fourth-order valence-electron chi connectivity index (χ4n) is 2.22. The molecule has 0 aliphatic carbocycles. The third kappa shape index (κ3) is 3.10. The topological polar surface area (TPSA) is 79.5 Å². The number of hydrogen-bond donors (Lipinski definition) is 2. The number of amides is 1. The first kappa shape index (κ1) is 17.0. The number of para-hydroxylation sites is 2. The van der Waals surface area contributed by atoms with Crippen LogP contribution in [0.15, 0.2) is 30.3 Å². The van der Waals surface area contributed by atoms with E-state index in [1.54, 1.807) is 12.1 Å². The number of alkyl halides is 3. The van der Waals surface area contributed by atoms with Crippen LogP contribution in [0, 0.1) is 6.92 Å². The number of anilines is 1. The number of rotatable bonds is 2. The van der Waals surface area contributed by atoms with E-state index in [4.69, 9.17) is 11.6 Å². The predicted molar refractivity (Wildman–Crippen MR) is 83.8 cm³/mol. The van der Waals surface area contributed by atoms with Gasteiger partial charge in [0.2, 0.25) is 0 Å². The molecule has 130 valence electrons. The second-order valence-corrected chi connectivity index (χ2v) is 5.53. The van der Waals surface area contributed by atoms with Crippen LogP contribution in [-0.4, -0.2) is 25.6 Å². The highest BCUT2D eigenvalue weighted by molar-refractivity contribution is 6.37. The van der Waals surface area contributed by atoms with Gasteiger partial charge in [-0.2, -0.15) is 18.3 Å². The van der Waals surface area contributed by atoms with E-state index < -0.39 is 23.5 Å². The number of halogens is 4. The standard InChI is InChI=1S/C15H10ClF3N4O2/c1-7-6-10(15(17,18)19)23-13(20-7)11(16)12(22-23)14(25)21-8-4-2-3-5-9(8)24/h2-6,24H,1H3,(H,21,25). The van der Waals surface area contributed by atoms with Crippen molar-refractivity contribution in [2.75, 3.05) is 5.32 Å². The number of phenolic OH excluding ortho intramolecular Hbond substituents is 1. The monoisotopic (exact) mass is 370 g/mol. The number of phenols is 1. The van der Waals surface area contributed by atoms with Crippen molar-refractivity contribution in [1.82, 2.24) is 14.6 Å². The zero-order valence-corrected chi connectivity index (χ0v) is 13.4. The van der Waals surface area contributed by atoms with Crippen LogP contribution in [0.1, 0.15) is 21.9 Å². The molecule has 25 heavy (non-hydrogen) atoms. The quantitative estimate of drug-likeness (QED) is 0.675. The molecule has 0 atom stereocenters. The van der Waals surface area contributed by atoms with Gasteiger partial charge in [0.15, 0.2) is 11.3 Å². The van der Waals surface area contributed by atoms with Gasteiger partial charge in [0.1, 0.15) is 16.5 Å². The van der Waals surface area contributed by atoms with Gasteiger partial charge in [0.25, 0.3) is 5.91 Å². The largest absolute Gasteiger partial charge is 0.506 e. The van der Waals surface area contributed by atoms with Crippen LogP contribution >= 0.6 is 11.6 Å². The fourth-order valence-corrected chi connectivity index (χ4v) is 2.47. The number of aromatic hydroxyl groups is 1. The van der Waals surface area contributed by atoms with E-state index in [0.29, 0.717) is 4.52 Å². The summed E-state index contributed by atoms with van der Waals surface area (Å²) >= 11 is 6.02. The number of nitrogens with zero attached hydrogens (tertiary/aromatic N) is 3. The van der Waals surface area contributed by atoms with Crippen molar-refractivity contribution in [3.63, 3.8) is 0 Å². The second kappa shape index (κ2) is 5.92. The summed E-state index contributed by atoms with van der Waals surface area (Å²) in [4.78, 5) is 16.2. The van der Waals surface area contributed by atoms with E-state index in [-0.39, 0.29) is 27.8 Å². The molecule has 0 saturated carbocycles. The van der Waals surface area contributed by atoms with Crippen molar-refractivity contribution in [3.8, 4) is 5.75 Å². The number of fused-ring (bicyclic) bond motifs is 1. The molecule has 2 heterocycles. The molecule has 1 amide bonds. The molecular weight excluding hydrogens is 361 g/mol. The third-order valence-electron chi connectivity index (χ3n) is 3.32. The Morgan fingerprint density at radius 2 is 2.00 bits per heavy atom. The van der Waals surface area contributed by atoms with Crippen LogP contribution in [0.25, 0.3) is 5.65 Å². The Hall–Kier alpha value is -2.81. The van der Waals surface area contributed by atoms with Crippen LogP contribution < -0.4 is 5.32 Å². The van der Waals surface area contributed by atoms with Gasteiger partial charge >= 0.3 is 6.18 Å². The summed E-state index contributed by atoms with van der Waals surface area (Å²) in [5, 5.41) is 15.3. The predicted octanol–water partition coefficient (Wildman–Crippen LogP) is 3.67. The zero-order chi connectivity index (χ0) is 18.4. The average molecular weight is 371 g/mol. The van der Waals surface area contributed by atoms with Crippen LogP contribution in [0.5, 0.6) is 5.75 Å². The minimum atomic E-state index is -4.70. The molecule has 0 saturated heterocycles. The lowest BCUT2D eigenvalue weighted by Gasteiger charge is -2.09. The average Bonchev–Trinajstić information content (AvgIpc) is 2.85. The maximum Gasteiger partial charge on any atom is 0.433 e. The normalized spacial score (nSPS) is 11.7. The van der Waals surface area contributed by atoms with E-state index >= 15 is 0 Å². The number of aryl methyl sites for hydroxylation is 1. The molecule has 2 aromatic heterocycles. The summed E-state index contributed by atoms with van der Waals surface area (Å²) in [5.41, 5.74) is -1.67. The summed E-state index contributed by atoms with van der Waals surface area (Å²) in [6.07, 6.45) is -4.70. The lowest BCUT2D eigenvalue weighted by atomic mass is 10.3. The number of aromatic nitrogens is 3.